The molecule has 0 heterocycles. The zero-order valence-electron chi connectivity index (χ0n) is 11.0. The maximum Gasteiger partial charge on any atom is 0.344 e. The van der Waals surface area contributed by atoms with Gasteiger partial charge >= 0.3 is 5.97 Å². The van der Waals surface area contributed by atoms with Gasteiger partial charge in [-0.15, -0.1) is 0 Å². The second-order valence-electron chi connectivity index (χ2n) is 3.76. The van der Waals surface area contributed by atoms with E-state index < -0.39 is 0 Å². The normalized spacial score (nSPS) is 10.3. The van der Waals surface area contributed by atoms with Gasteiger partial charge in [0.25, 0.3) is 0 Å². The van der Waals surface area contributed by atoms with Crippen molar-refractivity contribution in [3.8, 4) is 5.75 Å². The summed E-state index contributed by atoms with van der Waals surface area (Å²) in [7, 11) is 0. The van der Waals surface area contributed by atoms with Gasteiger partial charge in [-0.2, -0.15) is 0 Å². The van der Waals surface area contributed by atoms with Crippen molar-refractivity contribution in [2.45, 2.75) is 20.4 Å². The number of halogens is 2. The van der Waals surface area contributed by atoms with Crippen LogP contribution in [0.3, 0.4) is 0 Å². The van der Waals surface area contributed by atoms with Crippen LogP contribution < -0.4 is 10.1 Å². The molecule has 1 N–H and O–H groups in total. The topological polar surface area (TPSA) is 47.6 Å². The predicted octanol–water partition coefficient (Wildman–Crippen LogP) is 3.26. The maximum absolute atomic E-state index is 11.3. The van der Waals surface area contributed by atoms with E-state index in [-0.39, 0.29) is 12.6 Å². The summed E-state index contributed by atoms with van der Waals surface area (Å²) in [5, 5.41) is 3.25. The van der Waals surface area contributed by atoms with Crippen molar-refractivity contribution in [1.29, 1.82) is 0 Å². The van der Waals surface area contributed by atoms with Crippen molar-refractivity contribution in [3.63, 3.8) is 0 Å². The minimum atomic E-state index is -0.377. The van der Waals surface area contributed by atoms with Crippen molar-refractivity contribution in [1.82, 2.24) is 5.32 Å². The van der Waals surface area contributed by atoms with E-state index in [0.29, 0.717) is 12.4 Å². The molecule has 0 bridgehead atoms. The minimum absolute atomic E-state index is 0.0996. The zero-order valence-corrected chi connectivity index (χ0v) is 14.1. The molecule has 106 valence electrons. The van der Waals surface area contributed by atoms with Crippen molar-refractivity contribution in [2.75, 3.05) is 19.8 Å². The van der Waals surface area contributed by atoms with Gasteiger partial charge in [0.2, 0.25) is 0 Å². The Hall–Kier alpha value is -0.590. The van der Waals surface area contributed by atoms with Gasteiger partial charge in [0, 0.05) is 6.54 Å². The molecule has 0 saturated carbocycles. The van der Waals surface area contributed by atoms with Gasteiger partial charge in [0.05, 0.1) is 15.6 Å². The van der Waals surface area contributed by atoms with Crippen molar-refractivity contribution in [3.05, 3.63) is 26.6 Å². The molecule has 6 heteroatoms. The Balaban J connectivity index is 2.71. The molecule has 0 amide bonds. The first-order valence-electron chi connectivity index (χ1n) is 6.05. The van der Waals surface area contributed by atoms with Crippen LogP contribution in [-0.2, 0) is 16.1 Å². The van der Waals surface area contributed by atoms with Crippen LogP contribution >= 0.6 is 31.9 Å². The molecule has 1 rings (SSSR count). The smallest absolute Gasteiger partial charge is 0.344 e. The molecule has 19 heavy (non-hydrogen) atoms. The Morgan fingerprint density at radius 1 is 1.26 bits per heavy atom. The third-order valence-corrected chi connectivity index (χ3v) is 3.45. The quantitative estimate of drug-likeness (QED) is 0.721. The SMILES string of the molecule is CCNCc1cc(Br)c(OCC(=O)OCC)c(Br)c1. The number of ether oxygens (including phenoxy) is 2. The second kappa shape index (κ2) is 8.55. The minimum Gasteiger partial charge on any atom is -0.480 e. The van der Waals surface area contributed by atoms with Crippen LogP contribution in [0.5, 0.6) is 5.75 Å². The van der Waals surface area contributed by atoms with Crippen LogP contribution in [0.15, 0.2) is 21.1 Å². The Kier molecular flexibility index (Phi) is 7.41. The molecule has 1 aromatic carbocycles. The molecule has 0 fully saturated rings. The molecule has 4 nitrogen and oxygen atoms in total. The third kappa shape index (κ3) is 5.50. The fraction of sp³-hybridized carbons (Fsp3) is 0.462. The van der Waals surface area contributed by atoms with E-state index in [1.54, 1.807) is 6.92 Å². The molecule has 0 aromatic heterocycles. The predicted molar refractivity (Wildman–Crippen MR) is 81.4 cm³/mol. The third-order valence-electron chi connectivity index (χ3n) is 2.28. The lowest BCUT2D eigenvalue weighted by Crippen LogP contribution is -2.15. The van der Waals surface area contributed by atoms with Crippen molar-refractivity contribution >= 4 is 37.8 Å². The fourth-order valence-electron chi connectivity index (χ4n) is 1.46. The lowest BCUT2D eigenvalue weighted by atomic mass is 10.2. The molecule has 0 unspecified atom stereocenters. The summed E-state index contributed by atoms with van der Waals surface area (Å²) in [6.45, 7) is 5.77. The lowest BCUT2D eigenvalue weighted by Gasteiger charge is -2.12. The van der Waals surface area contributed by atoms with E-state index in [4.69, 9.17) is 9.47 Å². The van der Waals surface area contributed by atoms with Gasteiger partial charge in [0.1, 0.15) is 5.75 Å². The number of carbonyl (C=O) groups is 1. The zero-order chi connectivity index (χ0) is 14.3. The van der Waals surface area contributed by atoms with Crippen LogP contribution in [0.4, 0.5) is 0 Å². The molecule has 0 aliphatic rings. The standard InChI is InChI=1S/C13H17Br2NO3/c1-3-16-7-9-5-10(14)13(11(15)6-9)19-8-12(17)18-4-2/h5-6,16H,3-4,7-8H2,1-2H3. The van der Waals surface area contributed by atoms with E-state index in [0.717, 1.165) is 27.6 Å². The molecule has 0 atom stereocenters. The van der Waals surface area contributed by atoms with E-state index in [9.17, 15) is 4.79 Å². The monoisotopic (exact) mass is 393 g/mol. The summed E-state index contributed by atoms with van der Waals surface area (Å²) >= 11 is 6.89. The lowest BCUT2D eigenvalue weighted by molar-refractivity contribution is -0.145. The first-order valence-corrected chi connectivity index (χ1v) is 7.64. The number of hydrogen-bond donors (Lipinski definition) is 1. The average molecular weight is 395 g/mol. The first kappa shape index (κ1) is 16.5. The molecular weight excluding hydrogens is 378 g/mol. The van der Waals surface area contributed by atoms with Crippen molar-refractivity contribution in [2.24, 2.45) is 0 Å². The van der Waals surface area contributed by atoms with Gasteiger partial charge in [-0.3, -0.25) is 0 Å². The first-order chi connectivity index (χ1) is 9.08. The molecule has 0 radical (unpaired) electrons. The van der Waals surface area contributed by atoms with Gasteiger partial charge < -0.3 is 14.8 Å². The number of rotatable bonds is 7. The van der Waals surface area contributed by atoms with Crippen LogP contribution in [-0.4, -0.2) is 25.7 Å². The molecular formula is C13H17Br2NO3. The highest BCUT2D eigenvalue weighted by atomic mass is 79.9. The van der Waals surface area contributed by atoms with E-state index in [1.807, 2.05) is 12.1 Å². The van der Waals surface area contributed by atoms with E-state index in [2.05, 4.69) is 44.1 Å². The van der Waals surface area contributed by atoms with Gasteiger partial charge in [0.15, 0.2) is 6.61 Å². The van der Waals surface area contributed by atoms with Gasteiger partial charge in [-0.1, -0.05) is 6.92 Å². The molecule has 0 aliphatic carbocycles. The van der Waals surface area contributed by atoms with Crippen LogP contribution in [0.2, 0.25) is 0 Å². The van der Waals surface area contributed by atoms with Crippen LogP contribution in [0, 0.1) is 0 Å². The van der Waals surface area contributed by atoms with E-state index in [1.165, 1.54) is 0 Å². The summed E-state index contributed by atoms with van der Waals surface area (Å²) in [6.07, 6.45) is 0. The summed E-state index contributed by atoms with van der Waals surface area (Å²) in [6, 6.07) is 3.93. The van der Waals surface area contributed by atoms with Crippen LogP contribution in [0.25, 0.3) is 0 Å². The molecule has 0 saturated heterocycles. The summed E-state index contributed by atoms with van der Waals surface area (Å²) in [4.78, 5) is 11.3. The summed E-state index contributed by atoms with van der Waals surface area (Å²) < 4.78 is 11.9. The molecule has 0 spiro atoms. The van der Waals surface area contributed by atoms with Crippen LogP contribution in [0.1, 0.15) is 19.4 Å². The maximum atomic E-state index is 11.3. The van der Waals surface area contributed by atoms with Gasteiger partial charge in [-0.25, -0.2) is 4.79 Å². The number of esters is 1. The fourth-order valence-corrected chi connectivity index (χ4v) is 2.97. The number of benzene rings is 1. The molecule has 1 aromatic rings. The Bertz CT molecular complexity index is 415. The van der Waals surface area contributed by atoms with E-state index >= 15 is 0 Å². The largest absolute Gasteiger partial charge is 0.480 e. The highest BCUT2D eigenvalue weighted by Gasteiger charge is 2.11. The number of carbonyl (C=O) groups excluding carboxylic acids is 1. The highest BCUT2D eigenvalue weighted by molar-refractivity contribution is 9.11. The Morgan fingerprint density at radius 2 is 1.89 bits per heavy atom. The summed E-state index contributed by atoms with van der Waals surface area (Å²) in [5.74, 6) is 0.228. The van der Waals surface area contributed by atoms with Crippen molar-refractivity contribution < 1.29 is 14.3 Å². The second-order valence-corrected chi connectivity index (χ2v) is 5.47. The van der Waals surface area contributed by atoms with Gasteiger partial charge in [-0.05, 0) is 63.0 Å². The summed E-state index contributed by atoms with van der Waals surface area (Å²) in [5.41, 5.74) is 1.13. The number of hydrogen-bond acceptors (Lipinski definition) is 4. The number of nitrogens with one attached hydrogen (secondary N) is 1. The molecule has 0 aliphatic heterocycles. The Morgan fingerprint density at radius 3 is 2.42 bits per heavy atom. The highest BCUT2D eigenvalue weighted by Crippen LogP contribution is 2.34. The average Bonchev–Trinajstić information content (AvgIpc) is 2.35. The Labute approximate surface area is 130 Å².